The molecule has 1 unspecified atom stereocenters. The van der Waals surface area contributed by atoms with Gasteiger partial charge in [-0.05, 0) is 39.2 Å². The van der Waals surface area contributed by atoms with Gasteiger partial charge in [0, 0.05) is 32.2 Å². The molecule has 1 aliphatic carbocycles. The van der Waals surface area contributed by atoms with Crippen LogP contribution >= 0.6 is 0 Å². The maximum atomic E-state index is 12.0. The number of hydrogen-bond donors (Lipinski definition) is 1. The number of rotatable bonds is 5. The highest BCUT2D eigenvalue weighted by molar-refractivity contribution is 5.71. The molecule has 3 rings (SSSR count). The topological polar surface area (TPSA) is 68.6 Å². The van der Waals surface area contributed by atoms with Crippen LogP contribution in [0.2, 0.25) is 0 Å². The van der Waals surface area contributed by atoms with Crippen molar-refractivity contribution in [3.05, 3.63) is 24.3 Å². The van der Waals surface area contributed by atoms with Crippen molar-refractivity contribution in [1.29, 1.82) is 0 Å². The van der Waals surface area contributed by atoms with E-state index in [0.29, 0.717) is 0 Å². The predicted molar refractivity (Wildman–Crippen MR) is 99.9 cm³/mol. The fraction of sp³-hybridized carbons (Fsp3) is 0.684. The Kier molecular flexibility index (Phi) is 5.98. The number of morpholine rings is 1. The second-order valence-electron chi connectivity index (χ2n) is 7.94. The van der Waals surface area contributed by atoms with Gasteiger partial charge in [0.25, 0.3) is 0 Å². The molecule has 26 heavy (non-hydrogen) atoms. The number of amides is 1. The van der Waals surface area contributed by atoms with Crippen LogP contribution in [0.15, 0.2) is 18.6 Å². The number of nitrogens with one attached hydrogen (secondary N) is 1. The SMILES string of the molecule is CC(C)(C)OC(=O)NC1CC=C(c2cncn2CCN2CCOCC2)C1. The molecule has 1 aromatic heterocycles. The maximum absolute atomic E-state index is 12.0. The van der Waals surface area contributed by atoms with Gasteiger partial charge in [-0.1, -0.05) is 6.08 Å². The van der Waals surface area contributed by atoms with Gasteiger partial charge in [0.2, 0.25) is 0 Å². The molecule has 1 amide bonds. The van der Waals surface area contributed by atoms with Crippen molar-refractivity contribution >= 4 is 11.7 Å². The van der Waals surface area contributed by atoms with E-state index in [4.69, 9.17) is 9.47 Å². The molecular formula is C19H30N4O3. The summed E-state index contributed by atoms with van der Waals surface area (Å²) in [6.07, 6.45) is 7.29. The van der Waals surface area contributed by atoms with Gasteiger partial charge in [0.1, 0.15) is 5.60 Å². The highest BCUT2D eigenvalue weighted by Gasteiger charge is 2.24. The third-order valence-corrected chi connectivity index (χ3v) is 4.64. The largest absolute Gasteiger partial charge is 0.444 e. The quantitative estimate of drug-likeness (QED) is 0.870. The van der Waals surface area contributed by atoms with Gasteiger partial charge < -0.3 is 19.4 Å². The van der Waals surface area contributed by atoms with Crippen LogP contribution in [0.1, 0.15) is 39.3 Å². The van der Waals surface area contributed by atoms with Crippen LogP contribution in [-0.2, 0) is 16.0 Å². The summed E-state index contributed by atoms with van der Waals surface area (Å²) in [5.74, 6) is 0. The lowest BCUT2D eigenvalue weighted by molar-refractivity contribution is 0.0363. The first-order valence-electron chi connectivity index (χ1n) is 9.40. The molecule has 1 N–H and O–H groups in total. The number of carbonyl (C=O) groups excluding carboxylic acids is 1. The summed E-state index contributed by atoms with van der Waals surface area (Å²) in [5, 5.41) is 2.97. The van der Waals surface area contributed by atoms with E-state index in [-0.39, 0.29) is 12.1 Å². The first-order valence-corrected chi connectivity index (χ1v) is 9.40. The fourth-order valence-corrected chi connectivity index (χ4v) is 3.35. The molecular weight excluding hydrogens is 332 g/mol. The molecule has 0 aromatic carbocycles. The van der Waals surface area contributed by atoms with Crippen LogP contribution in [0.25, 0.3) is 5.57 Å². The van der Waals surface area contributed by atoms with Crippen molar-refractivity contribution in [2.24, 2.45) is 0 Å². The second-order valence-corrected chi connectivity index (χ2v) is 7.94. The molecule has 144 valence electrons. The Hall–Kier alpha value is -1.86. The number of carbonyl (C=O) groups is 1. The van der Waals surface area contributed by atoms with Crippen molar-refractivity contribution in [2.75, 3.05) is 32.8 Å². The van der Waals surface area contributed by atoms with E-state index in [1.807, 2.05) is 33.3 Å². The Morgan fingerprint density at radius 1 is 1.35 bits per heavy atom. The van der Waals surface area contributed by atoms with Crippen molar-refractivity contribution < 1.29 is 14.3 Å². The number of imidazole rings is 1. The average molecular weight is 362 g/mol. The first-order chi connectivity index (χ1) is 12.4. The molecule has 7 heteroatoms. The molecule has 0 saturated carbocycles. The standard InChI is InChI=1S/C19H30N4O3/c1-19(2,3)26-18(24)21-16-5-4-15(12-16)17-13-20-14-23(17)7-6-22-8-10-25-11-9-22/h4,13-14,16H,5-12H2,1-3H3,(H,21,24). The predicted octanol–water partition coefficient (Wildman–Crippen LogP) is 2.29. The molecule has 1 aliphatic heterocycles. The zero-order chi connectivity index (χ0) is 18.6. The summed E-state index contributed by atoms with van der Waals surface area (Å²) < 4.78 is 13.0. The number of ether oxygens (including phenoxy) is 2. The molecule has 0 radical (unpaired) electrons. The van der Waals surface area contributed by atoms with Gasteiger partial charge in [0.05, 0.1) is 31.4 Å². The van der Waals surface area contributed by atoms with Gasteiger partial charge in [-0.2, -0.15) is 0 Å². The molecule has 0 spiro atoms. The Labute approximate surface area is 155 Å². The van der Waals surface area contributed by atoms with E-state index >= 15 is 0 Å². The minimum absolute atomic E-state index is 0.0856. The lowest BCUT2D eigenvalue weighted by Crippen LogP contribution is -2.38. The highest BCUT2D eigenvalue weighted by Crippen LogP contribution is 2.28. The zero-order valence-electron chi connectivity index (χ0n) is 16.0. The molecule has 2 aliphatic rings. The Morgan fingerprint density at radius 3 is 2.85 bits per heavy atom. The maximum Gasteiger partial charge on any atom is 0.407 e. The number of hydrogen-bond acceptors (Lipinski definition) is 5. The van der Waals surface area contributed by atoms with Gasteiger partial charge in [-0.25, -0.2) is 9.78 Å². The molecule has 1 aromatic rings. The van der Waals surface area contributed by atoms with Crippen LogP contribution in [0.5, 0.6) is 0 Å². The summed E-state index contributed by atoms with van der Waals surface area (Å²) in [6.45, 7) is 11.2. The lowest BCUT2D eigenvalue weighted by Gasteiger charge is -2.26. The lowest BCUT2D eigenvalue weighted by atomic mass is 10.1. The summed E-state index contributed by atoms with van der Waals surface area (Å²) in [6, 6.07) is 0.0856. The smallest absolute Gasteiger partial charge is 0.407 e. The summed E-state index contributed by atoms with van der Waals surface area (Å²) in [4.78, 5) is 18.7. The summed E-state index contributed by atoms with van der Waals surface area (Å²) in [7, 11) is 0. The molecule has 2 heterocycles. The minimum Gasteiger partial charge on any atom is -0.444 e. The third kappa shape index (κ3) is 5.32. The van der Waals surface area contributed by atoms with Crippen LogP contribution in [0.4, 0.5) is 4.79 Å². The number of nitrogens with zero attached hydrogens (tertiary/aromatic N) is 3. The third-order valence-electron chi connectivity index (χ3n) is 4.64. The number of alkyl carbamates (subject to hydrolysis) is 1. The van der Waals surface area contributed by atoms with E-state index in [9.17, 15) is 4.79 Å². The van der Waals surface area contributed by atoms with Gasteiger partial charge in [0.15, 0.2) is 0 Å². The molecule has 1 saturated heterocycles. The van der Waals surface area contributed by atoms with Crippen molar-refractivity contribution in [2.45, 2.75) is 51.8 Å². The normalized spacial score (nSPS) is 21.5. The first kappa shape index (κ1) is 18.9. The minimum atomic E-state index is -0.475. The van der Waals surface area contributed by atoms with Crippen molar-refractivity contribution in [1.82, 2.24) is 19.8 Å². The Balaban J connectivity index is 1.51. The fourth-order valence-electron chi connectivity index (χ4n) is 3.35. The molecule has 1 fully saturated rings. The van der Waals surface area contributed by atoms with Gasteiger partial charge in [-0.3, -0.25) is 4.90 Å². The van der Waals surface area contributed by atoms with Gasteiger partial charge >= 0.3 is 6.09 Å². The van der Waals surface area contributed by atoms with Crippen LogP contribution < -0.4 is 5.32 Å². The Bertz CT molecular complexity index is 641. The average Bonchev–Trinajstić information content (AvgIpc) is 3.20. The monoisotopic (exact) mass is 362 g/mol. The molecule has 0 bridgehead atoms. The summed E-state index contributed by atoms with van der Waals surface area (Å²) in [5.41, 5.74) is 1.91. The van der Waals surface area contributed by atoms with Gasteiger partial charge in [-0.15, -0.1) is 0 Å². The molecule has 1 atom stereocenters. The summed E-state index contributed by atoms with van der Waals surface area (Å²) >= 11 is 0. The van der Waals surface area contributed by atoms with Crippen molar-refractivity contribution in [3.63, 3.8) is 0 Å². The van der Waals surface area contributed by atoms with E-state index in [2.05, 4.69) is 25.8 Å². The van der Waals surface area contributed by atoms with E-state index in [0.717, 1.165) is 57.9 Å². The van der Waals surface area contributed by atoms with E-state index in [1.54, 1.807) is 0 Å². The Morgan fingerprint density at radius 2 is 2.12 bits per heavy atom. The van der Waals surface area contributed by atoms with Crippen LogP contribution in [0.3, 0.4) is 0 Å². The van der Waals surface area contributed by atoms with Crippen LogP contribution in [-0.4, -0.2) is 65.0 Å². The van der Waals surface area contributed by atoms with Crippen LogP contribution in [0, 0.1) is 0 Å². The van der Waals surface area contributed by atoms with Crippen molar-refractivity contribution in [3.8, 4) is 0 Å². The second kappa shape index (κ2) is 8.22. The van der Waals surface area contributed by atoms with E-state index < -0.39 is 5.60 Å². The zero-order valence-corrected chi connectivity index (χ0v) is 16.0. The highest BCUT2D eigenvalue weighted by atomic mass is 16.6. The molecule has 7 nitrogen and oxygen atoms in total. The number of aromatic nitrogens is 2. The van der Waals surface area contributed by atoms with E-state index in [1.165, 1.54) is 5.57 Å².